The molecule has 1 saturated heterocycles. The van der Waals surface area contributed by atoms with Gasteiger partial charge in [-0.25, -0.2) is 13.2 Å². The molecule has 1 heterocycles. The minimum atomic E-state index is -3.65. The second kappa shape index (κ2) is 9.19. The normalized spacial score (nSPS) is 17.5. The summed E-state index contributed by atoms with van der Waals surface area (Å²) in [6.45, 7) is 2.42. The van der Waals surface area contributed by atoms with Crippen molar-refractivity contribution in [1.29, 1.82) is 0 Å². The molecule has 1 atom stereocenters. The fraction of sp³-hybridized carbons (Fsp3) is 0.333. The molecule has 1 aliphatic heterocycles. The molecule has 0 saturated carbocycles. The quantitative estimate of drug-likeness (QED) is 0.731. The highest BCUT2D eigenvalue weighted by molar-refractivity contribution is 7.89. The highest BCUT2D eigenvalue weighted by Gasteiger charge is 2.33. The Morgan fingerprint density at radius 1 is 1.10 bits per heavy atom. The number of ether oxygens (including phenoxy) is 1. The van der Waals surface area contributed by atoms with Gasteiger partial charge in [0.25, 0.3) is 0 Å². The van der Waals surface area contributed by atoms with Gasteiger partial charge in [-0.1, -0.05) is 30.3 Å². The summed E-state index contributed by atoms with van der Waals surface area (Å²) in [7, 11) is -3.65. The highest BCUT2D eigenvalue weighted by atomic mass is 32.2. The van der Waals surface area contributed by atoms with Crippen LogP contribution < -0.4 is 5.32 Å². The number of benzene rings is 2. The largest absolute Gasteiger partial charge is 0.462 e. The number of nitrogens with zero attached hydrogens (tertiary/aromatic N) is 1. The first-order valence-electron chi connectivity index (χ1n) is 9.55. The Morgan fingerprint density at radius 3 is 2.52 bits per heavy atom. The lowest BCUT2D eigenvalue weighted by Gasteiger charge is -2.31. The van der Waals surface area contributed by atoms with E-state index in [2.05, 4.69) is 5.32 Å². The van der Waals surface area contributed by atoms with Crippen LogP contribution in [0, 0.1) is 5.92 Å². The molecular formula is C21H24N2O5S. The minimum Gasteiger partial charge on any atom is -0.462 e. The molecule has 1 N–H and O–H groups in total. The Bertz CT molecular complexity index is 976. The van der Waals surface area contributed by atoms with Gasteiger partial charge in [0, 0.05) is 13.1 Å². The average molecular weight is 416 g/mol. The molecule has 7 nitrogen and oxygen atoms in total. The molecule has 1 unspecified atom stereocenters. The van der Waals surface area contributed by atoms with Crippen LogP contribution in [0.15, 0.2) is 59.5 Å². The van der Waals surface area contributed by atoms with Crippen molar-refractivity contribution in [2.75, 3.05) is 25.0 Å². The van der Waals surface area contributed by atoms with Gasteiger partial charge in [0.2, 0.25) is 15.9 Å². The Morgan fingerprint density at radius 2 is 1.79 bits per heavy atom. The zero-order valence-corrected chi connectivity index (χ0v) is 17.0. The van der Waals surface area contributed by atoms with Crippen LogP contribution >= 0.6 is 0 Å². The van der Waals surface area contributed by atoms with Gasteiger partial charge in [0.05, 0.1) is 28.7 Å². The second-order valence-electron chi connectivity index (χ2n) is 6.77. The minimum absolute atomic E-state index is 0.102. The molecule has 0 aliphatic carbocycles. The van der Waals surface area contributed by atoms with Crippen molar-refractivity contribution >= 4 is 27.6 Å². The SMILES string of the molecule is CCOC(=O)c1ccccc1NC(=O)C1CCCN(S(=O)(=O)c2ccccc2)C1. The molecule has 0 spiro atoms. The van der Waals surface area contributed by atoms with Crippen molar-refractivity contribution in [3.63, 3.8) is 0 Å². The van der Waals surface area contributed by atoms with E-state index in [4.69, 9.17) is 4.74 Å². The first-order chi connectivity index (χ1) is 13.9. The van der Waals surface area contributed by atoms with Crippen molar-refractivity contribution in [2.45, 2.75) is 24.7 Å². The van der Waals surface area contributed by atoms with Crippen LogP contribution in [0.5, 0.6) is 0 Å². The molecule has 29 heavy (non-hydrogen) atoms. The monoisotopic (exact) mass is 416 g/mol. The van der Waals surface area contributed by atoms with Crippen LogP contribution in [-0.2, 0) is 19.6 Å². The number of nitrogens with one attached hydrogen (secondary N) is 1. The Kier molecular flexibility index (Phi) is 6.66. The number of anilines is 1. The van der Waals surface area contributed by atoms with Crippen molar-refractivity contribution in [1.82, 2.24) is 4.31 Å². The van der Waals surface area contributed by atoms with Crippen LogP contribution in [0.3, 0.4) is 0 Å². The fourth-order valence-corrected chi connectivity index (χ4v) is 4.87. The summed E-state index contributed by atoms with van der Waals surface area (Å²) in [4.78, 5) is 25.1. The van der Waals surface area contributed by atoms with E-state index < -0.39 is 21.9 Å². The van der Waals surface area contributed by atoms with Crippen LogP contribution in [0.25, 0.3) is 0 Å². The third-order valence-electron chi connectivity index (χ3n) is 4.82. The van der Waals surface area contributed by atoms with E-state index in [1.807, 2.05) is 0 Å². The second-order valence-corrected chi connectivity index (χ2v) is 8.71. The molecule has 1 amide bonds. The summed E-state index contributed by atoms with van der Waals surface area (Å²) in [5.74, 6) is -1.33. The number of piperidine rings is 1. The van der Waals surface area contributed by atoms with Crippen molar-refractivity contribution in [3.8, 4) is 0 Å². The molecule has 0 aromatic heterocycles. The molecule has 8 heteroatoms. The van der Waals surface area contributed by atoms with Gasteiger partial charge in [-0.2, -0.15) is 4.31 Å². The maximum absolute atomic E-state index is 12.9. The number of rotatable bonds is 6. The molecular weight excluding hydrogens is 392 g/mol. The lowest BCUT2D eigenvalue weighted by molar-refractivity contribution is -0.120. The first kappa shape index (κ1) is 21.0. The van der Waals surface area contributed by atoms with E-state index in [9.17, 15) is 18.0 Å². The number of hydrogen-bond acceptors (Lipinski definition) is 5. The first-order valence-corrected chi connectivity index (χ1v) is 11.0. The van der Waals surface area contributed by atoms with Gasteiger partial charge in [0.15, 0.2) is 0 Å². The van der Waals surface area contributed by atoms with E-state index in [0.717, 1.165) is 0 Å². The molecule has 154 valence electrons. The molecule has 3 rings (SSSR count). The maximum atomic E-state index is 12.9. The van der Waals surface area contributed by atoms with E-state index in [1.54, 1.807) is 61.5 Å². The lowest BCUT2D eigenvalue weighted by atomic mass is 9.98. The number of hydrogen-bond donors (Lipinski definition) is 1. The number of sulfonamides is 1. The third kappa shape index (κ3) is 4.83. The van der Waals surface area contributed by atoms with Crippen LogP contribution in [0.2, 0.25) is 0 Å². The Labute approximate surface area is 170 Å². The maximum Gasteiger partial charge on any atom is 0.340 e. The van der Waals surface area contributed by atoms with Gasteiger partial charge < -0.3 is 10.1 Å². The molecule has 2 aromatic carbocycles. The predicted octanol–water partition coefficient (Wildman–Crippen LogP) is 2.90. The van der Waals surface area contributed by atoms with Gasteiger partial charge in [-0.05, 0) is 44.0 Å². The predicted molar refractivity (Wildman–Crippen MR) is 109 cm³/mol. The molecule has 0 radical (unpaired) electrons. The van der Waals surface area contributed by atoms with Crippen LogP contribution in [-0.4, -0.2) is 44.3 Å². The summed E-state index contributed by atoms with van der Waals surface area (Å²) < 4.78 is 32.1. The number of carbonyl (C=O) groups is 2. The van der Waals surface area contributed by atoms with E-state index in [1.165, 1.54) is 4.31 Å². The fourth-order valence-electron chi connectivity index (χ4n) is 3.33. The van der Waals surface area contributed by atoms with Crippen molar-refractivity contribution < 1.29 is 22.7 Å². The smallest absolute Gasteiger partial charge is 0.340 e. The molecule has 1 fully saturated rings. The highest BCUT2D eigenvalue weighted by Crippen LogP contribution is 2.25. The number of esters is 1. The third-order valence-corrected chi connectivity index (χ3v) is 6.70. The summed E-state index contributed by atoms with van der Waals surface area (Å²) in [5.41, 5.74) is 0.631. The lowest BCUT2D eigenvalue weighted by Crippen LogP contribution is -2.43. The van der Waals surface area contributed by atoms with Gasteiger partial charge in [-0.3, -0.25) is 4.79 Å². The van der Waals surface area contributed by atoms with Crippen molar-refractivity contribution in [3.05, 3.63) is 60.2 Å². The van der Waals surface area contributed by atoms with E-state index in [-0.39, 0.29) is 29.5 Å². The molecule has 2 aromatic rings. The molecule has 1 aliphatic rings. The Hall–Kier alpha value is -2.71. The number of carbonyl (C=O) groups excluding carboxylic acids is 2. The van der Waals surface area contributed by atoms with Crippen LogP contribution in [0.4, 0.5) is 5.69 Å². The zero-order chi connectivity index (χ0) is 20.9. The average Bonchev–Trinajstić information content (AvgIpc) is 2.75. The standard InChI is InChI=1S/C21H24N2O5S/c1-2-28-21(25)18-12-6-7-13-19(18)22-20(24)16-9-8-14-23(15-16)29(26,27)17-10-4-3-5-11-17/h3-7,10-13,16H,2,8-9,14-15H2,1H3,(H,22,24). The zero-order valence-electron chi connectivity index (χ0n) is 16.2. The molecule has 0 bridgehead atoms. The van der Waals surface area contributed by atoms with Gasteiger partial charge in [0.1, 0.15) is 0 Å². The summed E-state index contributed by atoms with van der Waals surface area (Å²) in [6.07, 6.45) is 1.16. The van der Waals surface area contributed by atoms with Gasteiger partial charge >= 0.3 is 5.97 Å². The summed E-state index contributed by atoms with van der Waals surface area (Å²) in [5, 5.41) is 2.77. The van der Waals surface area contributed by atoms with Crippen molar-refractivity contribution in [2.24, 2.45) is 5.92 Å². The van der Waals surface area contributed by atoms with Gasteiger partial charge in [-0.15, -0.1) is 0 Å². The Balaban J connectivity index is 1.74. The number of amides is 1. The van der Waals surface area contributed by atoms with Crippen LogP contribution in [0.1, 0.15) is 30.1 Å². The number of para-hydroxylation sites is 1. The van der Waals surface area contributed by atoms with E-state index in [0.29, 0.717) is 25.1 Å². The van der Waals surface area contributed by atoms with E-state index >= 15 is 0 Å². The topological polar surface area (TPSA) is 92.8 Å². The summed E-state index contributed by atoms with van der Waals surface area (Å²) in [6, 6.07) is 14.8. The summed E-state index contributed by atoms with van der Waals surface area (Å²) >= 11 is 0.